The number of carbonyl (C=O) groups is 1. The molecule has 1 aliphatic carbocycles. The summed E-state index contributed by atoms with van der Waals surface area (Å²) in [5.41, 5.74) is 3.79. The summed E-state index contributed by atoms with van der Waals surface area (Å²) in [6.45, 7) is 0. The molecule has 2 aliphatic rings. The third-order valence-corrected chi connectivity index (χ3v) is 5.83. The summed E-state index contributed by atoms with van der Waals surface area (Å²) in [7, 11) is 3.54. The Morgan fingerprint density at radius 2 is 2.00 bits per heavy atom. The van der Waals surface area contributed by atoms with E-state index >= 15 is 0 Å². The average molecular weight is 413 g/mol. The Hall–Kier alpha value is -2.27. The van der Waals surface area contributed by atoms with Gasteiger partial charge in [-0.2, -0.15) is 0 Å². The van der Waals surface area contributed by atoms with Crippen molar-refractivity contribution in [3.63, 3.8) is 0 Å². The predicted molar refractivity (Wildman–Crippen MR) is 107 cm³/mol. The van der Waals surface area contributed by atoms with E-state index in [1.165, 1.54) is 0 Å². The average Bonchev–Trinajstić information content (AvgIpc) is 3.12. The van der Waals surface area contributed by atoms with Crippen molar-refractivity contribution in [2.24, 2.45) is 5.92 Å². The number of benzene rings is 2. The molecule has 4 rings (SSSR count). The van der Waals surface area contributed by atoms with E-state index < -0.39 is 0 Å². The molecule has 4 nitrogen and oxygen atoms in total. The molecule has 0 saturated heterocycles. The summed E-state index contributed by atoms with van der Waals surface area (Å²) in [4.78, 5) is 13.9. The first-order chi connectivity index (χ1) is 12.5. The highest BCUT2D eigenvalue weighted by atomic mass is 79.9. The number of amides is 1. The first kappa shape index (κ1) is 17.2. The summed E-state index contributed by atoms with van der Waals surface area (Å²) in [5.74, 6) is 0.870. The van der Waals surface area contributed by atoms with Crippen molar-refractivity contribution in [2.75, 3.05) is 19.4 Å². The summed E-state index contributed by atoms with van der Waals surface area (Å²) in [6.07, 6.45) is 5.38. The topological polar surface area (TPSA) is 52.6 Å². The molecule has 5 heteroatoms. The normalized spacial score (nSPS) is 23.1. The lowest BCUT2D eigenvalue weighted by atomic mass is 9.76. The van der Waals surface area contributed by atoms with Gasteiger partial charge in [0, 0.05) is 41.3 Å². The van der Waals surface area contributed by atoms with Crippen LogP contribution in [0.25, 0.3) is 0 Å². The molecule has 2 N–H and O–H groups in total. The molecule has 134 valence electrons. The van der Waals surface area contributed by atoms with Gasteiger partial charge in [-0.3, -0.25) is 4.79 Å². The zero-order chi connectivity index (χ0) is 18.4. The van der Waals surface area contributed by atoms with Crippen molar-refractivity contribution in [3.8, 4) is 5.75 Å². The van der Waals surface area contributed by atoms with E-state index in [-0.39, 0.29) is 17.9 Å². The Balaban J connectivity index is 1.77. The van der Waals surface area contributed by atoms with Gasteiger partial charge in [-0.1, -0.05) is 28.1 Å². The Bertz CT molecular complexity index is 907. The minimum atomic E-state index is 0.0121. The van der Waals surface area contributed by atoms with Crippen LogP contribution in [-0.2, 0) is 0 Å². The smallest absolute Gasteiger partial charge is 0.253 e. The van der Waals surface area contributed by atoms with E-state index in [0.717, 1.165) is 27.7 Å². The van der Waals surface area contributed by atoms with Crippen molar-refractivity contribution in [1.29, 1.82) is 0 Å². The Morgan fingerprint density at radius 1 is 1.19 bits per heavy atom. The molecule has 3 atom stereocenters. The van der Waals surface area contributed by atoms with E-state index in [2.05, 4.69) is 33.4 Å². The molecule has 0 saturated carbocycles. The fraction of sp³-hybridized carbons (Fsp3) is 0.286. The molecule has 3 unspecified atom stereocenters. The summed E-state index contributed by atoms with van der Waals surface area (Å²) < 4.78 is 0.951. The standard InChI is InChI=1S/C21H21BrN2O2/c1-24(2)21(26)12-6-8-18-16(10-12)14-4-3-5-15(14)20(23-18)17-11-13(22)7-9-19(17)25/h3-4,6-11,14-15,20,23,25H,5H2,1-2H3. The SMILES string of the molecule is CN(C)C(=O)c1ccc2c(c1)C1C=CCC1C(c1cc(Br)ccc1O)N2. The van der Waals surface area contributed by atoms with E-state index in [4.69, 9.17) is 0 Å². The number of allylic oxidation sites excluding steroid dienone is 2. The van der Waals surface area contributed by atoms with Crippen molar-refractivity contribution in [3.05, 3.63) is 69.7 Å². The second-order valence-electron chi connectivity index (χ2n) is 7.18. The van der Waals surface area contributed by atoms with E-state index in [1.54, 1.807) is 25.1 Å². The van der Waals surface area contributed by atoms with Crippen molar-refractivity contribution < 1.29 is 9.90 Å². The minimum Gasteiger partial charge on any atom is -0.508 e. The third-order valence-electron chi connectivity index (χ3n) is 5.34. The van der Waals surface area contributed by atoms with Crippen molar-refractivity contribution in [1.82, 2.24) is 4.90 Å². The lowest BCUT2D eigenvalue weighted by Crippen LogP contribution is -2.30. The fourth-order valence-corrected chi connectivity index (χ4v) is 4.45. The zero-order valence-corrected chi connectivity index (χ0v) is 16.3. The monoisotopic (exact) mass is 412 g/mol. The third kappa shape index (κ3) is 2.80. The second kappa shape index (κ2) is 6.47. The lowest BCUT2D eigenvalue weighted by molar-refractivity contribution is 0.0827. The summed E-state index contributed by atoms with van der Waals surface area (Å²) >= 11 is 3.51. The van der Waals surface area contributed by atoms with Gasteiger partial charge in [-0.15, -0.1) is 0 Å². The molecule has 2 aromatic carbocycles. The highest BCUT2D eigenvalue weighted by molar-refractivity contribution is 9.10. The van der Waals surface area contributed by atoms with Crippen molar-refractivity contribution in [2.45, 2.75) is 18.4 Å². The first-order valence-corrected chi connectivity index (χ1v) is 9.52. The van der Waals surface area contributed by atoms with Crippen LogP contribution >= 0.6 is 15.9 Å². The molecular formula is C21H21BrN2O2. The number of hydrogen-bond acceptors (Lipinski definition) is 3. The number of anilines is 1. The second-order valence-corrected chi connectivity index (χ2v) is 8.10. The maximum atomic E-state index is 12.3. The molecule has 0 spiro atoms. The van der Waals surface area contributed by atoms with Crippen LogP contribution in [0.5, 0.6) is 5.75 Å². The van der Waals surface area contributed by atoms with Gasteiger partial charge in [0.1, 0.15) is 5.75 Å². The van der Waals surface area contributed by atoms with Gasteiger partial charge in [-0.05, 0) is 54.3 Å². The van der Waals surface area contributed by atoms with Crippen LogP contribution in [0.15, 0.2) is 53.0 Å². The maximum absolute atomic E-state index is 12.3. The van der Waals surface area contributed by atoms with Gasteiger partial charge in [0.15, 0.2) is 0 Å². The van der Waals surface area contributed by atoms with E-state index in [9.17, 15) is 9.90 Å². The first-order valence-electron chi connectivity index (χ1n) is 8.73. The number of carbonyl (C=O) groups excluding carboxylic acids is 1. The van der Waals surface area contributed by atoms with Gasteiger partial charge >= 0.3 is 0 Å². The Morgan fingerprint density at radius 3 is 2.77 bits per heavy atom. The molecule has 0 aromatic heterocycles. The number of nitrogens with one attached hydrogen (secondary N) is 1. The van der Waals surface area contributed by atoms with Gasteiger partial charge in [0.25, 0.3) is 5.91 Å². The summed E-state index contributed by atoms with van der Waals surface area (Å²) in [5, 5.41) is 14.0. The molecule has 1 heterocycles. The van der Waals surface area contributed by atoms with Gasteiger partial charge in [0.2, 0.25) is 0 Å². The molecule has 0 fully saturated rings. The Labute approximate surface area is 161 Å². The predicted octanol–water partition coefficient (Wildman–Crippen LogP) is 4.68. The Kier molecular flexibility index (Phi) is 4.27. The lowest BCUT2D eigenvalue weighted by Gasteiger charge is -2.38. The molecule has 1 aliphatic heterocycles. The number of aromatic hydroxyl groups is 1. The fourth-order valence-electron chi connectivity index (χ4n) is 4.07. The largest absolute Gasteiger partial charge is 0.508 e. The van der Waals surface area contributed by atoms with Crippen LogP contribution in [0.1, 0.15) is 39.9 Å². The molecule has 26 heavy (non-hydrogen) atoms. The highest BCUT2D eigenvalue weighted by Gasteiger charge is 2.39. The maximum Gasteiger partial charge on any atom is 0.253 e. The number of phenolic OH excluding ortho intramolecular Hbond substituents is 1. The minimum absolute atomic E-state index is 0.0121. The number of nitrogens with zero attached hydrogens (tertiary/aromatic N) is 1. The molecular weight excluding hydrogens is 392 g/mol. The quantitative estimate of drug-likeness (QED) is 0.703. The number of phenols is 1. The van der Waals surface area contributed by atoms with Crippen molar-refractivity contribution >= 4 is 27.5 Å². The molecule has 2 aromatic rings. The van der Waals surface area contributed by atoms with Crippen LogP contribution in [0, 0.1) is 5.92 Å². The van der Waals surface area contributed by atoms with Crippen LogP contribution in [0.4, 0.5) is 5.69 Å². The highest BCUT2D eigenvalue weighted by Crippen LogP contribution is 2.51. The van der Waals surface area contributed by atoms with E-state index in [1.807, 2.05) is 30.3 Å². The molecule has 0 bridgehead atoms. The van der Waals surface area contributed by atoms with Gasteiger partial charge < -0.3 is 15.3 Å². The van der Waals surface area contributed by atoms with Gasteiger partial charge in [0.05, 0.1) is 6.04 Å². The van der Waals surface area contributed by atoms with Crippen LogP contribution in [-0.4, -0.2) is 30.0 Å². The van der Waals surface area contributed by atoms with Crippen LogP contribution < -0.4 is 5.32 Å². The number of hydrogen-bond donors (Lipinski definition) is 2. The van der Waals surface area contributed by atoms with Crippen LogP contribution in [0.3, 0.4) is 0 Å². The summed E-state index contributed by atoms with van der Waals surface area (Å²) in [6, 6.07) is 11.4. The number of halogens is 1. The number of fused-ring (bicyclic) bond motifs is 3. The van der Waals surface area contributed by atoms with E-state index in [0.29, 0.717) is 17.2 Å². The molecule has 0 radical (unpaired) electrons. The number of rotatable bonds is 2. The van der Waals surface area contributed by atoms with Crippen LogP contribution in [0.2, 0.25) is 0 Å². The molecule has 1 amide bonds. The van der Waals surface area contributed by atoms with Gasteiger partial charge in [-0.25, -0.2) is 0 Å². The zero-order valence-electron chi connectivity index (χ0n) is 14.7.